The summed E-state index contributed by atoms with van der Waals surface area (Å²) in [5.41, 5.74) is 0.943. The highest BCUT2D eigenvalue weighted by Gasteiger charge is 2.20. The third-order valence-corrected chi connectivity index (χ3v) is 7.03. The van der Waals surface area contributed by atoms with E-state index in [1.807, 2.05) is 28.8 Å². The molecule has 1 aromatic carbocycles. The Morgan fingerprint density at radius 2 is 2.03 bits per heavy atom. The number of hydrogen-bond donors (Lipinski definition) is 0. The number of para-hydroxylation sites is 1. The van der Waals surface area contributed by atoms with E-state index in [-0.39, 0.29) is 5.56 Å². The summed E-state index contributed by atoms with van der Waals surface area (Å²) in [4.78, 5) is 15.6. The van der Waals surface area contributed by atoms with Crippen LogP contribution in [-0.2, 0) is 6.54 Å². The molecule has 0 amide bonds. The van der Waals surface area contributed by atoms with Gasteiger partial charge in [0.05, 0.1) is 10.9 Å². The van der Waals surface area contributed by atoms with Gasteiger partial charge < -0.3 is 4.90 Å². The van der Waals surface area contributed by atoms with Crippen molar-refractivity contribution in [2.75, 3.05) is 19.3 Å². The highest BCUT2D eigenvalue weighted by Crippen LogP contribution is 2.25. The summed E-state index contributed by atoms with van der Waals surface area (Å²) in [6.07, 6.45) is 8.31. The van der Waals surface area contributed by atoms with E-state index in [4.69, 9.17) is 0 Å². The Balaban J connectivity index is 1.64. The van der Waals surface area contributed by atoms with Gasteiger partial charge >= 0.3 is 0 Å². The number of aryl methyl sites for hydroxylation is 1. The van der Waals surface area contributed by atoms with Crippen molar-refractivity contribution in [2.45, 2.75) is 69.6 Å². The average Bonchev–Trinajstić information content (AvgIpc) is 3.16. The Kier molecular flexibility index (Phi) is 6.55. The highest BCUT2D eigenvalue weighted by molar-refractivity contribution is 7.99. The van der Waals surface area contributed by atoms with Crippen LogP contribution in [0, 0.1) is 0 Å². The van der Waals surface area contributed by atoms with Crippen molar-refractivity contribution in [1.82, 2.24) is 24.1 Å². The summed E-state index contributed by atoms with van der Waals surface area (Å²) in [5.74, 6) is 1.68. The van der Waals surface area contributed by atoms with E-state index < -0.39 is 0 Å². The SMILES string of the molecule is CCCCCn1c(=O)c2ccccc2n2c(SCCC3CCCCN3C)nnc12. The van der Waals surface area contributed by atoms with Gasteiger partial charge in [-0.1, -0.05) is 50.1 Å². The minimum Gasteiger partial charge on any atom is -0.303 e. The number of nitrogens with zero attached hydrogens (tertiary/aromatic N) is 5. The summed E-state index contributed by atoms with van der Waals surface area (Å²) in [6.45, 7) is 4.07. The zero-order valence-corrected chi connectivity index (χ0v) is 18.3. The molecule has 1 aliphatic heterocycles. The second-order valence-electron chi connectivity index (χ2n) is 8.07. The smallest absolute Gasteiger partial charge is 0.262 e. The molecule has 3 heterocycles. The first-order valence-corrected chi connectivity index (χ1v) is 11.9. The quantitative estimate of drug-likeness (QED) is 0.409. The number of aromatic nitrogens is 4. The third-order valence-electron chi connectivity index (χ3n) is 6.07. The average molecular weight is 414 g/mol. The van der Waals surface area contributed by atoms with Gasteiger partial charge in [0.25, 0.3) is 5.56 Å². The maximum Gasteiger partial charge on any atom is 0.262 e. The fraction of sp³-hybridized carbons (Fsp3) is 0.591. The van der Waals surface area contributed by atoms with Crippen LogP contribution in [0.1, 0.15) is 51.9 Å². The van der Waals surface area contributed by atoms with Crippen LogP contribution in [0.15, 0.2) is 34.2 Å². The fourth-order valence-corrected chi connectivity index (χ4v) is 5.32. The van der Waals surface area contributed by atoms with E-state index in [1.54, 1.807) is 11.8 Å². The monoisotopic (exact) mass is 413 g/mol. The van der Waals surface area contributed by atoms with Crippen molar-refractivity contribution < 1.29 is 0 Å². The zero-order chi connectivity index (χ0) is 20.2. The van der Waals surface area contributed by atoms with E-state index in [9.17, 15) is 4.79 Å². The Hall–Kier alpha value is -1.86. The number of benzene rings is 1. The van der Waals surface area contributed by atoms with Crippen molar-refractivity contribution in [3.8, 4) is 0 Å². The number of thioether (sulfide) groups is 1. The summed E-state index contributed by atoms with van der Waals surface area (Å²) in [7, 11) is 2.24. The van der Waals surface area contributed by atoms with E-state index in [2.05, 4.69) is 33.5 Å². The van der Waals surface area contributed by atoms with Crippen LogP contribution in [0.5, 0.6) is 0 Å². The predicted molar refractivity (Wildman–Crippen MR) is 120 cm³/mol. The summed E-state index contributed by atoms with van der Waals surface area (Å²) in [5, 5.41) is 10.5. The molecule has 1 atom stereocenters. The first kappa shape index (κ1) is 20.4. The van der Waals surface area contributed by atoms with Crippen LogP contribution < -0.4 is 5.56 Å². The Bertz CT molecular complexity index is 1030. The zero-order valence-electron chi connectivity index (χ0n) is 17.5. The van der Waals surface area contributed by atoms with Crippen molar-refractivity contribution in [3.05, 3.63) is 34.6 Å². The minimum absolute atomic E-state index is 0.0389. The lowest BCUT2D eigenvalue weighted by molar-refractivity contribution is 0.182. The topological polar surface area (TPSA) is 55.4 Å². The van der Waals surface area contributed by atoms with Crippen LogP contribution in [0.25, 0.3) is 16.7 Å². The normalized spacial score (nSPS) is 18.1. The Morgan fingerprint density at radius 3 is 2.86 bits per heavy atom. The van der Waals surface area contributed by atoms with Crippen molar-refractivity contribution >= 4 is 28.4 Å². The molecule has 156 valence electrons. The van der Waals surface area contributed by atoms with Crippen molar-refractivity contribution in [2.24, 2.45) is 0 Å². The summed E-state index contributed by atoms with van der Waals surface area (Å²) >= 11 is 1.76. The number of fused-ring (bicyclic) bond motifs is 3. The first-order valence-electron chi connectivity index (χ1n) is 10.9. The molecule has 1 aliphatic rings. The number of rotatable bonds is 8. The van der Waals surface area contributed by atoms with Crippen LogP contribution in [0.3, 0.4) is 0 Å². The van der Waals surface area contributed by atoms with Gasteiger partial charge in [-0.2, -0.15) is 0 Å². The van der Waals surface area contributed by atoms with E-state index in [0.29, 0.717) is 18.4 Å². The van der Waals surface area contributed by atoms with Crippen molar-refractivity contribution in [3.63, 3.8) is 0 Å². The Labute approximate surface area is 176 Å². The van der Waals surface area contributed by atoms with Crippen LogP contribution in [0.4, 0.5) is 0 Å². The summed E-state index contributed by atoms with van der Waals surface area (Å²) in [6, 6.07) is 8.50. The largest absolute Gasteiger partial charge is 0.303 e. The van der Waals surface area contributed by atoms with Gasteiger partial charge in [-0.3, -0.25) is 13.8 Å². The second kappa shape index (κ2) is 9.30. The molecule has 29 heavy (non-hydrogen) atoms. The van der Waals surface area contributed by atoms with Crippen LogP contribution >= 0.6 is 11.8 Å². The molecule has 0 saturated carbocycles. The molecule has 4 rings (SSSR count). The second-order valence-corrected chi connectivity index (χ2v) is 9.13. The lowest BCUT2D eigenvalue weighted by Crippen LogP contribution is -2.36. The Morgan fingerprint density at radius 1 is 1.17 bits per heavy atom. The van der Waals surface area contributed by atoms with Crippen LogP contribution in [0.2, 0.25) is 0 Å². The molecule has 6 nitrogen and oxygen atoms in total. The molecule has 0 radical (unpaired) electrons. The molecule has 1 saturated heterocycles. The van der Waals surface area contributed by atoms with Gasteiger partial charge in [0.1, 0.15) is 0 Å². The molecule has 3 aromatic rings. The van der Waals surface area contributed by atoms with E-state index >= 15 is 0 Å². The molecule has 0 bridgehead atoms. The molecule has 0 spiro atoms. The third kappa shape index (κ3) is 4.21. The van der Waals surface area contributed by atoms with Gasteiger partial charge in [-0.15, -0.1) is 10.2 Å². The predicted octanol–water partition coefficient (Wildman–Crippen LogP) is 4.20. The fourth-order valence-electron chi connectivity index (χ4n) is 4.34. The lowest BCUT2D eigenvalue weighted by atomic mass is 10.0. The van der Waals surface area contributed by atoms with Gasteiger partial charge in [-0.25, -0.2) is 0 Å². The van der Waals surface area contributed by atoms with Gasteiger partial charge in [0.2, 0.25) is 5.78 Å². The molecular formula is C22H31N5OS. The van der Waals surface area contributed by atoms with Gasteiger partial charge in [0.15, 0.2) is 5.16 Å². The molecule has 0 aliphatic carbocycles. The maximum atomic E-state index is 13.1. The van der Waals surface area contributed by atoms with Crippen LogP contribution in [-0.4, -0.2) is 49.5 Å². The van der Waals surface area contributed by atoms with E-state index in [0.717, 1.165) is 47.5 Å². The molecule has 1 fully saturated rings. The maximum absolute atomic E-state index is 13.1. The van der Waals surface area contributed by atoms with Gasteiger partial charge in [0, 0.05) is 18.3 Å². The number of likely N-dealkylation sites (tertiary alicyclic amines) is 1. The van der Waals surface area contributed by atoms with E-state index in [1.165, 1.54) is 25.8 Å². The molecule has 0 N–H and O–H groups in total. The number of hydrogen-bond acceptors (Lipinski definition) is 5. The number of unbranched alkanes of at least 4 members (excludes halogenated alkanes) is 2. The lowest BCUT2D eigenvalue weighted by Gasteiger charge is -2.32. The van der Waals surface area contributed by atoms with Crippen molar-refractivity contribution in [1.29, 1.82) is 0 Å². The first-order chi connectivity index (χ1) is 14.2. The molecule has 1 unspecified atom stereocenters. The highest BCUT2D eigenvalue weighted by atomic mass is 32.2. The number of piperidine rings is 1. The standard InChI is InChI=1S/C22H31N5OS/c1-3-4-8-15-26-20(28)18-11-5-6-12-19(18)27-21(26)23-24-22(27)29-16-13-17-10-7-9-14-25(17)2/h5-6,11-12,17H,3-4,7-10,13-16H2,1-2H3. The van der Waals surface area contributed by atoms with Gasteiger partial charge in [-0.05, 0) is 51.4 Å². The molecule has 2 aromatic heterocycles. The minimum atomic E-state index is 0.0389. The molecular weight excluding hydrogens is 382 g/mol. The molecule has 7 heteroatoms. The summed E-state index contributed by atoms with van der Waals surface area (Å²) < 4.78 is 3.89.